The summed E-state index contributed by atoms with van der Waals surface area (Å²) in [6, 6.07) is 0.628. The lowest BCUT2D eigenvalue weighted by molar-refractivity contribution is 0.0254. The van der Waals surface area contributed by atoms with Crippen LogP contribution in [0, 0.1) is 0 Å². The Labute approximate surface area is 88.2 Å². The van der Waals surface area contributed by atoms with Crippen molar-refractivity contribution < 1.29 is 9.47 Å². The smallest absolute Gasteiger partial charge is 0.0704 e. The molecule has 14 heavy (non-hydrogen) atoms. The van der Waals surface area contributed by atoms with Crippen molar-refractivity contribution in [3.8, 4) is 0 Å². The van der Waals surface area contributed by atoms with Crippen LogP contribution >= 0.6 is 0 Å². The second-order valence-electron chi connectivity index (χ2n) is 3.60. The maximum Gasteiger partial charge on any atom is 0.0704 e. The van der Waals surface area contributed by atoms with Crippen molar-refractivity contribution in [3.05, 3.63) is 0 Å². The monoisotopic (exact) mass is 203 g/mol. The highest BCUT2D eigenvalue weighted by molar-refractivity contribution is 4.64. The molecule has 3 heteroatoms. The molecule has 0 saturated carbocycles. The first-order chi connectivity index (χ1) is 6.74. The first-order valence-electron chi connectivity index (χ1n) is 5.58. The highest BCUT2D eigenvalue weighted by atomic mass is 16.5. The van der Waals surface area contributed by atoms with Gasteiger partial charge >= 0.3 is 0 Å². The minimum absolute atomic E-state index is 0.269. The van der Waals surface area contributed by atoms with E-state index in [0.717, 1.165) is 6.54 Å². The maximum absolute atomic E-state index is 5.53. The van der Waals surface area contributed by atoms with Crippen LogP contribution in [0.5, 0.6) is 0 Å². The van der Waals surface area contributed by atoms with Gasteiger partial charge in [-0.15, -0.1) is 0 Å². The molecule has 86 valence electrons. The summed E-state index contributed by atoms with van der Waals surface area (Å²) in [6.45, 7) is 8.79. The van der Waals surface area contributed by atoms with Crippen LogP contribution in [-0.2, 0) is 9.47 Å². The van der Waals surface area contributed by atoms with Gasteiger partial charge in [0.15, 0.2) is 0 Å². The standard InChI is InChI=1S/C11H25NO2/c1-5-11(6-2)12-9-10(3)14-8-7-13-4/h10-12H,5-9H2,1-4H3. The molecule has 0 aliphatic carbocycles. The molecule has 0 aromatic heterocycles. The summed E-state index contributed by atoms with van der Waals surface area (Å²) in [4.78, 5) is 0. The van der Waals surface area contributed by atoms with E-state index in [-0.39, 0.29) is 6.10 Å². The molecule has 0 aromatic carbocycles. The van der Waals surface area contributed by atoms with Crippen LogP contribution in [0.4, 0.5) is 0 Å². The highest BCUT2D eigenvalue weighted by Gasteiger charge is 2.05. The summed E-state index contributed by atoms with van der Waals surface area (Å²) in [6.07, 6.45) is 2.63. The van der Waals surface area contributed by atoms with E-state index in [1.165, 1.54) is 12.8 Å². The third-order valence-electron chi connectivity index (χ3n) is 2.37. The van der Waals surface area contributed by atoms with Gasteiger partial charge in [-0.1, -0.05) is 13.8 Å². The second-order valence-corrected chi connectivity index (χ2v) is 3.60. The van der Waals surface area contributed by atoms with Crippen LogP contribution in [0.2, 0.25) is 0 Å². The molecule has 0 aliphatic rings. The molecular weight excluding hydrogens is 178 g/mol. The Bertz CT molecular complexity index is 116. The van der Waals surface area contributed by atoms with E-state index in [2.05, 4.69) is 26.1 Å². The van der Waals surface area contributed by atoms with Crippen LogP contribution < -0.4 is 5.32 Å². The summed E-state index contributed by atoms with van der Waals surface area (Å²) in [5.74, 6) is 0. The van der Waals surface area contributed by atoms with Crippen molar-refractivity contribution in [3.63, 3.8) is 0 Å². The van der Waals surface area contributed by atoms with E-state index in [9.17, 15) is 0 Å². The molecule has 0 fully saturated rings. The zero-order valence-electron chi connectivity index (χ0n) is 10.0. The summed E-state index contributed by atoms with van der Waals surface area (Å²) in [5, 5.41) is 3.48. The van der Waals surface area contributed by atoms with Gasteiger partial charge in [0.05, 0.1) is 19.3 Å². The number of hydrogen-bond donors (Lipinski definition) is 1. The predicted molar refractivity (Wildman–Crippen MR) is 59.7 cm³/mol. The Morgan fingerprint density at radius 1 is 1.14 bits per heavy atom. The van der Waals surface area contributed by atoms with Gasteiger partial charge < -0.3 is 14.8 Å². The molecule has 0 spiro atoms. The first kappa shape index (κ1) is 13.9. The number of nitrogens with one attached hydrogen (secondary N) is 1. The Kier molecular flexibility index (Phi) is 9.35. The highest BCUT2D eigenvalue weighted by Crippen LogP contribution is 1.97. The third kappa shape index (κ3) is 7.30. The van der Waals surface area contributed by atoms with Crippen molar-refractivity contribution in [2.75, 3.05) is 26.9 Å². The maximum atomic E-state index is 5.53. The lowest BCUT2D eigenvalue weighted by atomic mass is 10.1. The van der Waals surface area contributed by atoms with Crippen LogP contribution in [0.25, 0.3) is 0 Å². The molecule has 0 saturated heterocycles. The number of rotatable bonds is 9. The minimum atomic E-state index is 0.269. The SMILES string of the molecule is CCC(CC)NCC(C)OCCOC. The second kappa shape index (κ2) is 9.44. The molecule has 1 N–H and O–H groups in total. The molecule has 0 rings (SSSR count). The fraction of sp³-hybridized carbons (Fsp3) is 1.00. The number of ether oxygens (including phenoxy) is 2. The molecule has 0 radical (unpaired) electrons. The quantitative estimate of drug-likeness (QED) is 0.580. The molecule has 0 heterocycles. The van der Waals surface area contributed by atoms with Gasteiger partial charge in [0.2, 0.25) is 0 Å². The van der Waals surface area contributed by atoms with Gasteiger partial charge in [0.25, 0.3) is 0 Å². The summed E-state index contributed by atoms with van der Waals surface area (Å²) in [5.41, 5.74) is 0. The molecule has 0 amide bonds. The Balaban J connectivity index is 3.37. The number of hydrogen-bond acceptors (Lipinski definition) is 3. The van der Waals surface area contributed by atoms with Crippen molar-refractivity contribution in [1.82, 2.24) is 5.32 Å². The average Bonchev–Trinajstić information content (AvgIpc) is 2.20. The lowest BCUT2D eigenvalue weighted by Crippen LogP contribution is -2.35. The number of methoxy groups -OCH3 is 1. The Morgan fingerprint density at radius 2 is 1.79 bits per heavy atom. The van der Waals surface area contributed by atoms with Gasteiger partial charge in [0, 0.05) is 19.7 Å². The van der Waals surface area contributed by atoms with Crippen LogP contribution in [0.1, 0.15) is 33.6 Å². The van der Waals surface area contributed by atoms with Gasteiger partial charge in [-0.25, -0.2) is 0 Å². The van der Waals surface area contributed by atoms with E-state index in [1.54, 1.807) is 7.11 Å². The molecule has 1 atom stereocenters. The topological polar surface area (TPSA) is 30.5 Å². The molecule has 0 aromatic rings. The summed E-state index contributed by atoms with van der Waals surface area (Å²) in [7, 11) is 1.69. The first-order valence-corrected chi connectivity index (χ1v) is 5.58. The zero-order chi connectivity index (χ0) is 10.8. The van der Waals surface area contributed by atoms with E-state index >= 15 is 0 Å². The fourth-order valence-corrected chi connectivity index (χ4v) is 1.30. The summed E-state index contributed by atoms with van der Waals surface area (Å²) >= 11 is 0. The average molecular weight is 203 g/mol. The van der Waals surface area contributed by atoms with Crippen molar-refractivity contribution >= 4 is 0 Å². The van der Waals surface area contributed by atoms with E-state index in [0.29, 0.717) is 19.3 Å². The van der Waals surface area contributed by atoms with E-state index in [4.69, 9.17) is 9.47 Å². The Morgan fingerprint density at radius 3 is 2.29 bits per heavy atom. The normalized spacial score (nSPS) is 13.5. The van der Waals surface area contributed by atoms with Gasteiger partial charge in [-0.05, 0) is 19.8 Å². The van der Waals surface area contributed by atoms with E-state index in [1.807, 2.05) is 0 Å². The fourth-order valence-electron chi connectivity index (χ4n) is 1.30. The van der Waals surface area contributed by atoms with Crippen LogP contribution in [0.15, 0.2) is 0 Å². The van der Waals surface area contributed by atoms with E-state index < -0.39 is 0 Å². The lowest BCUT2D eigenvalue weighted by Gasteiger charge is -2.18. The molecule has 3 nitrogen and oxygen atoms in total. The largest absolute Gasteiger partial charge is 0.382 e. The minimum Gasteiger partial charge on any atom is -0.382 e. The van der Waals surface area contributed by atoms with Gasteiger partial charge in [-0.2, -0.15) is 0 Å². The summed E-state index contributed by atoms with van der Waals surface area (Å²) < 4.78 is 10.4. The molecule has 0 aliphatic heterocycles. The predicted octanol–water partition coefficient (Wildman–Crippen LogP) is 1.82. The molecule has 1 unspecified atom stereocenters. The van der Waals surface area contributed by atoms with Crippen LogP contribution in [-0.4, -0.2) is 39.0 Å². The van der Waals surface area contributed by atoms with Crippen molar-refractivity contribution in [2.24, 2.45) is 0 Å². The van der Waals surface area contributed by atoms with Crippen molar-refractivity contribution in [2.45, 2.75) is 45.8 Å². The molecular formula is C11H25NO2. The zero-order valence-corrected chi connectivity index (χ0v) is 10.0. The Hall–Kier alpha value is -0.120. The van der Waals surface area contributed by atoms with Gasteiger partial charge in [-0.3, -0.25) is 0 Å². The van der Waals surface area contributed by atoms with Crippen molar-refractivity contribution in [1.29, 1.82) is 0 Å². The molecule has 0 bridgehead atoms. The van der Waals surface area contributed by atoms with Gasteiger partial charge in [0.1, 0.15) is 0 Å². The van der Waals surface area contributed by atoms with Crippen LogP contribution in [0.3, 0.4) is 0 Å². The third-order valence-corrected chi connectivity index (χ3v) is 2.37.